The summed E-state index contributed by atoms with van der Waals surface area (Å²) in [6, 6.07) is 15.3. The Morgan fingerprint density at radius 1 is 1.06 bits per heavy atom. The number of amides is 1. The third-order valence-corrected chi connectivity index (χ3v) is 15.9. The normalized spacial score (nSPS) is 20.2. The highest BCUT2D eigenvalue weighted by molar-refractivity contribution is 6.74. The van der Waals surface area contributed by atoms with Crippen LogP contribution in [-0.4, -0.2) is 104 Å². The van der Waals surface area contributed by atoms with E-state index in [0.717, 1.165) is 62.6 Å². The number of nitriles is 1. The number of hydrogen-bond acceptors (Lipinski definition) is 9. The Morgan fingerprint density at radius 2 is 1.84 bits per heavy atom. The van der Waals surface area contributed by atoms with Gasteiger partial charge < -0.3 is 29.0 Å². The lowest BCUT2D eigenvalue weighted by molar-refractivity contribution is 0.118. The molecule has 2 fully saturated rings. The minimum Gasteiger partial charge on any atom is -0.465 e. The highest BCUT2D eigenvalue weighted by atomic mass is 28.4. The van der Waals surface area contributed by atoms with Crippen LogP contribution in [0.3, 0.4) is 0 Å². The van der Waals surface area contributed by atoms with Crippen LogP contribution in [0.2, 0.25) is 18.1 Å². The number of anilines is 2. The number of aryl methyl sites for hydroxylation is 1. The maximum atomic E-state index is 12.0. The van der Waals surface area contributed by atoms with Gasteiger partial charge in [-0.1, -0.05) is 51.1 Å². The van der Waals surface area contributed by atoms with Gasteiger partial charge in [0, 0.05) is 62.0 Å². The summed E-state index contributed by atoms with van der Waals surface area (Å²) in [6.07, 6.45) is 2.07. The van der Waals surface area contributed by atoms with Gasteiger partial charge in [-0.05, 0) is 67.9 Å². The van der Waals surface area contributed by atoms with Gasteiger partial charge in [0.25, 0.3) is 0 Å². The highest BCUT2D eigenvalue weighted by Crippen LogP contribution is 2.38. The van der Waals surface area contributed by atoms with Crippen molar-refractivity contribution in [2.45, 2.75) is 90.1 Å². The molecule has 268 valence electrons. The molecule has 12 heteroatoms. The first kappa shape index (κ1) is 35.9. The predicted octanol–water partition coefficient (Wildman–Crippen LogP) is 6.45. The van der Waals surface area contributed by atoms with Gasteiger partial charge in [0.1, 0.15) is 12.4 Å². The Hall–Kier alpha value is -3.92. The number of likely N-dealkylation sites (tertiary alicyclic amines) is 1. The smallest absolute Gasteiger partial charge is 0.407 e. The van der Waals surface area contributed by atoms with Gasteiger partial charge in [-0.2, -0.15) is 15.2 Å². The molecule has 3 aromatic rings. The Labute approximate surface area is 297 Å². The van der Waals surface area contributed by atoms with Crippen LogP contribution in [0.4, 0.5) is 16.3 Å². The molecule has 0 spiro atoms. The summed E-state index contributed by atoms with van der Waals surface area (Å²) < 4.78 is 13.0. The van der Waals surface area contributed by atoms with Gasteiger partial charge in [0.05, 0.1) is 30.8 Å². The molecular formula is C38H53N7O4Si. The number of aromatic nitrogens is 2. The number of carboxylic acid groups (broad SMARTS) is 1. The summed E-state index contributed by atoms with van der Waals surface area (Å²) >= 11 is 0. The molecule has 0 saturated carbocycles. The predicted molar refractivity (Wildman–Crippen MR) is 200 cm³/mol. The standard InChI is InChI=1S/C38H53N7O4Si/c1-27-10-7-11-28-12-8-14-33(34(27)28)43-19-16-31-32(25-43)40-36(41-35(31)44-20-21-45(37(46)47)29(24-44)15-17-39)48-26-30-13-9-18-42(30)22-23-49-50(5,6)38(2,3)4/h7-8,10-12,14,29-30H,9,13,15-16,18-26H2,1-6H3,(H,46,47)/t29-,30-/m0/s1. The molecule has 50 heavy (non-hydrogen) atoms. The van der Waals surface area contributed by atoms with Crippen LogP contribution in [0, 0.1) is 18.3 Å². The minimum atomic E-state index is -1.82. The van der Waals surface area contributed by atoms with E-state index in [-0.39, 0.29) is 17.5 Å². The lowest BCUT2D eigenvalue weighted by Gasteiger charge is -2.41. The molecule has 0 radical (unpaired) electrons. The SMILES string of the molecule is Cc1cccc2cccc(N3CCc4c(nc(OC[C@@H]5CCCN5CCO[Si](C)(C)C(C)(C)C)nc4N4CCN(C(=O)O)[C@@H](CC#N)C4)C3)c12. The lowest BCUT2D eigenvalue weighted by Crippen LogP contribution is -2.55. The number of benzene rings is 2. The zero-order valence-corrected chi connectivity index (χ0v) is 31.6. The molecule has 1 aromatic heterocycles. The van der Waals surface area contributed by atoms with Crippen LogP contribution in [-0.2, 0) is 17.4 Å². The van der Waals surface area contributed by atoms with Crippen molar-refractivity contribution in [3.63, 3.8) is 0 Å². The molecule has 1 amide bonds. The Morgan fingerprint density at radius 3 is 2.58 bits per heavy atom. The molecule has 0 unspecified atom stereocenters. The summed E-state index contributed by atoms with van der Waals surface area (Å²) in [4.78, 5) is 30.5. The van der Waals surface area contributed by atoms with E-state index in [1.165, 1.54) is 26.9 Å². The summed E-state index contributed by atoms with van der Waals surface area (Å²) in [5.74, 6) is 0.803. The van der Waals surface area contributed by atoms with Crippen molar-refractivity contribution in [2.75, 3.05) is 62.3 Å². The van der Waals surface area contributed by atoms with Gasteiger partial charge >= 0.3 is 12.1 Å². The van der Waals surface area contributed by atoms with Crippen molar-refractivity contribution in [1.29, 1.82) is 5.26 Å². The number of hydrogen-bond donors (Lipinski definition) is 1. The average Bonchev–Trinajstić information content (AvgIpc) is 3.53. The number of piperazine rings is 1. The number of fused-ring (bicyclic) bond motifs is 2. The van der Waals surface area contributed by atoms with E-state index in [4.69, 9.17) is 19.1 Å². The molecule has 0 aliphatic carbocycles. The zero-order chi connectivity index (χ0) is 35.6. The topological polar surface area (TPSA) is 118 Å². The zero-order valence-electron chi connectivity index (χ0n) is 30.6. The number of nitrogens with zero attached hydrogens (tertiary/aromatic N) is 7. The average molecular weight is 700 g/mol. The van der Waals surface area contributed by atoms with Crippen molar-refractivity contribution >= 4 is 36.7 Å². The van der Waals surface area contributed by atoms with E-state index in [1.807, 2.05) is 0 Å². The molecule has 2 atom stereocenters. The summed E-state index contributed by atoms with van der Waals surface area (Å²) in [7, 11) is -1.82. The quantitative estimate of drug-likeness (QED) is 0.237. The molecular weight excluding hydrogens is 647 g/mol. The van der Waals surface area contributed by atoms with E-state index in [9.17, 15) is 15.2 Å². The summed E-state index contributed by atoms with van der Waals surface area (Å²) in [5.41, 5.74) is 4.45. The van der Waals surface area contributed by atoms with E-state index in [0.29, 0.717) is 38.8 Å². The van der Waals surface area contributed by atoms with Crippen LogP contribution < -0.4 is 14.5 Å². The van der Waals surface area contributed by atoms with Crippen LogP contribution >= 0.6 is 0 Å². The van der Waals surface area contributed by atoms with Gasteiger partial charge in [0.15, 0.2) is 8.32 Å². The Bertz CT molecular complexity index is 1730. The van der Waals surface area contributed by atoms with Crippen LogP contribution in [0.1, 0.15) is 56.9 Å². The second kappa shape index (κ2) is 14.7. The van der Waals surface area contributed by atoms with E-state index in [1.54, 1.807) is 0 Å². The molecule has 3 aliphatic rings. The lowest BCUT2D eigenvalue weighted by atomic mass is 9.99. The molecule has 3 aliphatic heterocycles. The molecule has 2 saturated heterocycles. The summed E-state index contributed by atoms with van der Waals surface area (Å²) in [5, 5.41) is 22.0. The monoisotopic (exact) mass is 699 g/mol. The molecule has 2 aromatic carbocycles. The summed E-state index contributed by atoms with van der Waals surface area (Å²) in [6.45, 7) is 19.3. The number of ether oxygens (including phenoxy) is 1. The molecule has 1 N–H and O–H groups in total. The first-order chi connectivity index (χ1) is 23.9. The van der Waals surface area contributed by atoms with Crippen LogP contribution in [0.25, 0.3) is 10.8 Å². The fourth-order valence-electron chi connectivity index (χ4n) is 7.45. The Balaban J connectivity index is 1.25. The van der Waals surface area contributed by atoms with Gasteiger partial charge in [-0.3, -0.25) is 4.90 Å². The number of carbonyl (C=O) groups is 1. The van der Waals surface area contributed by atoms with Gasteiger partial charge in [-0.15, -0.1) is 0 Å². The second-order valence-electron chi connectivity index (χ2n) is 15.6. The van der Waals surface area contributed by atoms with Gasteiger partial charge in [0.2, 0.25) is 0 Å². The van der Waals surface area contributed by atoms with Crippen LogP contribution in [0.5, 0.6) is 6.01 Å². The fourth-order valence-corrected chi connectivity index (χ4v) is 8.49. The molecule has 6 rings (SSSR count). The molecule has 11 nitrogen and oxygen atoms in total. The maximum absolute atomic E-state index is 12.0. The van der Waals surface area contributed by atoms with E-state index < -0.39 is 20.5 Å². The van der Waals surface area contributed by atoms with Gasteiger partial charge in [-0.25, -0.2) is 4.79 Å². The third kappa shape index (κ3) is 7.55. The van der Waals surface area contributed by atoms with Crippen molar-refractivity contribution in [3.05, 3.63) is 53.2 Å². The highest BCUT2D eigenvalue weighted by Gasteiger charge is 2.38. The first-order valence-corrected chi connectivity index (χ1v) is 21.0. The third-order valence-electron chi connectivity index (χ3n) is 11.4. The fraction of sp³-hybridized carbons (Fsp3) is 0.579. The maximum Gasteiger partial charge on any atom is 0.407 e. The van der Waals surface area contributed by atoms with E-state index >= 15 is 0 Å². The largest absolute Gasteiger partial charge is 0.465 e. The number of rotatable bonds is 10. The van der Waals surface area contributed by atoms with Crippen molar-refractivity contribution < 1.29 is 19.1 Å². The Kier molecular flexibility index (Phi) is 10.6. The van der Waals surface area contributed by atoms with E-state index in [2.05, 4.69) is 98.0 Å². The second-order valence-corrected chi connectivity index (χ2v) is 20.4. The van der Waals surface area contributed by atoms with Crippen molar-refractivity contribution in [3.8, 4) is 12.1 Å². The molecule has 0 bridgehead atoms. The van der Waals surface area contributed by atoms with Crippen molar-refractivity contribution in [1.82, 2.24) is 19.8 Å². The van der Waals surface area contributed by atoms with Crippen LogP contribution in [0.15, 0.2) is 36.4 Å². The first-order valence-electron chi connectivity index (χ1n) is 18.1. The molecule has 4 heterocycles. The minimum absolute atomic E-state index is 0.129. The van der Waals surface area contributed by atoms with Crippen molar-refractivity contribution in [2.24, 2.45) is 0 Å².